The minimum absolute atomic E-state index is 0.126. The van der Waals surface area contributed by atoms with Crippen LogP contribution in [0.25, 0.3) is 0 Å². The molecule has 0 radical (unpaired) electrons. The van der Waals surface area contributed by atoms with Gasteiger partial charge in [-0.25, -0.2) is 0 Å². The summed E-state index contributed by atoms with van der Waals surface area (Å²) in [6, 6.07) is 4.47. The Balaban J connectivity index is 2.14. The lowest BCUT2D eigenvalue weighted by atomic mass is 9.97. The summed E-state index contributed by atoms with van der Waals surface area (Å²) < 4.78 is 5.79. The predicted octanol–water partition coefficient (Wildman–Crippen LogP) is 2.36. The number of rotatable bonds is 7. The summed E-state index contributed by atoms with van der Waals surface area (Å²) in [5.74, 6) is 0. The van der Waals surface area contributed by atoms with E-state index in [1.807, 2.05) is 18.5 Å². The smallest absolute Gasteiger partial charge is 0.0703 e. The zero-order valence-electron chi connectivity index (χ0n) is 12.7. The first-order chi connectivity index (χ1) is 9.76. The number of ether oxygens (including phenoxy) is 1. The van der Waals surface area contributed by atoms with Gasteiger partial charge in [-0.3, -0.25) is 9.88 Å². The molecule has 2 rings (SSSR count). The number of nitrogens with two attached hydrogens (primary N) is 1. The molecule has 0 aromatic carbocycles. The highest BCUT2D eigenvalue weighted by atomic mass is 16.5. The SMILES string of the molecule is CCC(N)C(c1cccnc1)N(CC)CC1CCCO1. The lowest BCUT2D eigenvalue weighted by Gasteiger charge is -2.36. The van der Waals surface area contributed by atoms with Gasteiger partial charge in [0.2, 0.25) is 0 Å². The van der Waals surface area contributed by atoms with Gasteiger partial charge in [-0.2, -0.15) is 0 Å². The number of hydrogen-bond acceptors (Lipinski definition) is 4. The van der Waals surface area contributed by atoms with E-state index in [4.69, 9.17) is 10.5 Å². The highest BCUT2D eigenvalue weighted by Crippen LogP contribution is 2.26. The average molecular weight is 277 g/mol. The highest BCUT2D eigenvalue weighted by molar-refractivity contribution is 5.16. The van der Waals surface area contributed by atoms with Gasteiger partial charge < -0.3 is 10.5 Å². The van der Waals surface area contributed by atoms with Crippen LogP contribution in [0.1, 0.15) is 44.7 Å². The molecular weight excluding hydrogens is 250 g/mol. The molecule has 0 aliphatic carbocycles. The van der Waals surface area contributed by atoms with E-state index in [0.29, 0.717) is 6.10 Å². The molecule has 1 aromatic heterocycles. The largest absolute Gasteiger partial charge is 0.377 e. The van der Waals surface area contributed by atoms with E-state index < -0.39 is 0 Å². The zero-order valence-corrected chi connectivity index (χ0v) is 12.7. The van der Waals surface area contributed by atoms with Crippen LogP contribution in [0.3, 0.4) is 0 Å². The van der Waals surface area contributed by atoms with Gasteiger partial charge in [0.15, 0.2) is 0 Å². The maximum atomic E-state index is 6.39. The van der Waals surface area contributed by atoms with E-state index in [1.165, 1.54) is 12.0 Å². The van der Waals surface area contributed by atoms with Gasteiger partial charge in [-0.1, -0.05) is 19.9 Å². The molecule has 0 amide bonds. The summed E-state index contributed by atoms with van der Waals surface area (Å²) in [7, 11) is 0. The van der Waals surface area contributed by atoms with Crippen LogP contribution < -0.4 is 5.73 Å². The molecule has 1 aliphatic rings. The van der Waals surface area contributed by atoms with Crippen molar-refractivity contribution in [1.29, 1.82) is 0 Å². The van der Waals surface area contributed by atoms with E-state index in [9.17, 15) is 0 Å². The Morgan fingerprint density at radius 1 is 1.50 bits per heavy atom. The summed E-state index contributed by atoms with van der Waals surface area (Å²) in [4.78, 5) is 6.70. The molecule has 3 atom stereocenters. The topological polar surface area (TPSA) is 51.4 Å². The molecule has 2 heterocycles. The van der Waals surface area contributed by atoms with E-state index in [2.05, 4.69) is 29.8 Å². The van der Waals surface area contributed by atoms with Crippen molar-refractivity contribution in [2.75, 3.05) is 19.7 Å². The van der Waals surface area contributed by atoms with E-state index in [0.717, 1.165) is 32.5 Å². The maximum Gasteiger partial charge on any atom is 0.0703 e. The van der Waals surface area contributed by atoms with Crippen molar-refractivity contribution in [2.45, 2.75) is 51.3 Å². The Labute approximate surface area is 122 Å². The minimum atomic E-state index is 0.126. The molecule has 4 heteroatoms. The van der Waals surface area contributed by atoms with Gasteiger partial charge in [0, 0.05) is 31.6 Å². The lowest BCUT2D eigenvalue weighted by Crippen LogP contribution is -2.44. The van der Waals surface area contributed by atoms with E-state index in [-0.39, 0.29) is 12.1 Å². The Hall–Kier alpha value is -0.970. The van der Waals surface area contributed by atoms with E-state index in [1.54, 1.807) is 0 Å². The van der Waals surface area contributed by atoms with Gasteiger partial charge >= 0.3 is 0 Å². The first-order valence-electron chi connectivity index (χ1n) is 7.77. The monoisotopic (exact) mass is 277 g/mol. The summed E-state index contributed by atoms with van der Waals surface area (Å²) in [6.45, 7) is 7.19. The summed E-state index contributed by atoms with van der Waals surface area (Å²) in [6.07, 6.45) is 7.42. The summed E-state index contributed by atoms with van der Waals surface area (Å²) in [5.41, 5.74) is 7.60. The Morgan fingerprint density at radius 3 is 2.90 bits per heavy atom. The number of pyridine rings is 1. The fraction of sp³-hybridized carbons (Fsp3) is 0.688. The molecule has 0 spiro atoms. The molecule has 1 fully saturated rings. The second-order valence-corrected chi connectivity index (χ2v) is 5.53. The minimum Gasteiger partial charge on any atom is -0.377 e. The second kappa shape index (κ2) is 7.72. The maximum absolute atomic E-state index is 6.39. The van der Waals surface area contributed by atoms with Crippen LogP contribution in [0, 0.1) is 0 Å². The van der Waals surface area contributed by atoms with Crippen LogP contribution >= 0.6 is 0 Å². The first-order valence-corrected chi connectivity index (χ1v) is 7.77. The van der Waals surface area contributed by atoms with Crippen molar-refractivity contribution >= 4 is 0 Å². The van der Waals surface area contributed by atoms with Crippen molar-refractivity contribution in [1.82, 2.24) is 9.88 Å². The number of hydrogen-bond donors (Lipinski definition) is 1. The van der Waals surface area contributed by atoms with Crippen LogP contribution in [0.5, 0.6) is 0 Å². The standard InChI is InChI=1S/C16H27N3O/c1-3-15(17)16(13-7-5-9-18-11-13)19(4-2)12-14-8-6-10-20-14/h5,7,9,11,14-16H,3-4,6,8,10,12,17H2,1-2H3. The molecule has 1 aromatic rings. The van der Waals surface area contributed by atoms with Crippen LogP contribution in [-0.4, -0.2) is 41.7 Å². The fourth-order valence-corrected chi connectivity index (χ4v) is 2.99. The zero-order chi connectivity index (χ0) is 14.4. The van der Waals surface area contributed by atoms with Gasteiger partial charge in [0.05, 0.1) is 12.1 Å². The van der Waals surface area contributed by atoms with Gasteiger partial charge in [-0.15, -0.1) is 0 Å². The van der Waals surface area contributed by atoms with Crippen LogP contribution in [0.15, 0.2) is 24.5 Å². The number of likely N-dealkylation sites (N-methyl/N-ethyl adjacent to an activating group) is 1. The predicted molar refractivity (Wildman–Crippen MR) is 81.5 cm³/mol. The average Bonchev–Trinajstić information content (AvgIpc) is 3.00. The Kier molecular flexibility index (Phi) is 5.95. The van der Waals surface area contributed by atoms with Crippen molar-refractivity contribution < 1.29 is 4.74 Å². The van der Waals surface area contributed by atoms with Crippen LogP contribution in [-0.2, 0) is 4.74 Å². The number of nitrogens with zero attached hydrogens (tertiary/aromatic N) is 2. The van der Waals surface area contributed by atoms with Gasteiger partial charge in [-0.05, 0) is 37.4 Å². The lowest BCUT2D eigenvalue weighted by molar-refractivity contribution is 0.0530. The molecule has 3 unspecified atom stereocenters. The molecule has 2 N–H and O–H groups in total. The molecule has 4 nitrogen and oxygen atoms in total. The molecule has 1 aliphatic heterocycles. The number of aromatic nitrogens is 1. The fourth-order valence-electron chi connectivity index (χ4n) is 2.99. The second-order valence-electron chi connectivity index (χ2n) is 5.53. The van der Waals surface area contributed by atoms with Crippen LogP contribution in [0.2, 0.25) is 0 Å². The van der Waals surface area contributed by atoms with Crippen molar-refractivity contribution in [2.24, 2.45) is 5.73 Å². The Morgan fingerprint density at radius 2 is 2.35 bits per heavy atom. The molecule has 20 heavy (non-hydrogen) atoms. The van der Waals surface area contributed by atoms with Crippen LogP contribution in [0.4, 0.5) is 0 Å². The van der Waals surface area contributed by atoms with Gasteiger partial charge in [0.25, 0.3) is 0 Å². The van der Waals surface area contributed by atoms with Crippen molar-refractivity contribution in [3.63, 3.8) is 0 Å². The van der Waals surface area contributed by atoms with Gasteiger partial charge in [0.1, 0.15) is 0 Å². The summed E-state index contributed by atoms with van der Waals surface area (Å²) >= 11 is 0. The van der Waals surface area contributed by atoms with Crippen molar-refractivity contribution in [3.8, 4) is 0 Å². The highest BCUT2D eigenvalue weighted by Gasteiger charge is 2.28. The van der Waals surface area contributed by atoms with Crippen molar-refractivity contribution in [3.05, 3.63) is 30.1 Å². The molecule has 1 saturated heterocycles. The summed E-state index contributed by atoms with van der Waals surface area (Å²) in [5, 5.41) is 0. The molecule has 0 bridgehead atoms. The first kappa shape index (κ1) is 15.4. The molecule has 112 valence electrons. The third-order valence-corrected chi connectivity index (χ3v) is 4.16. The third-order valence-electron chi connectivity index (χ3n) is 4.16. The molecular formula is C16H27N3O. The normalized spacial score (nSPS) is 22.1. The van der Waals surface area contributed by atoms with E-state index >= 15 is 0 Å². The third kappa shape index (κ3) is 3.78. The Bertz CT molecular complexity index is 379. The molecule has 0 saturated carbocycles. The quantitative estimate of drug-likeness (QED) is 0.831.